The first-order chi connectivity index (χ1) is 17.0. The molecule has 2 N–H and O–H groups in total. The number of hydrogen-bond donors (Lipinski definition) is 2. The number of ether oxygens (including phenoxy) is 1. The van der Waals surface area contributed by atoms with E-state index in [1.807, 2.05) is 24.3 Å². The number of carboxylic acid groups (broad SMARTS) is 1. The predicted molar refractivity (Wildman–Crippen MR) is 131 cm³/mol. The quantitative estimate of drug-likeness (QED) is 0.611. The van der Waals surface area contributed by atoms with Gasteiger partial charge in [0, 0.05) is 31.0 Å². The topological polar surface area (TPSA) is 95.9 Å². The van der Waals surface area contributed by atoms with E-state index in [0.717, 1.165) is 32.1 Å². The van der Waals surface area contributed by atoms with Crippen molar-refractivity contribution in [3.05, 3.63) is 59.7 Å². The van der Waals surface area contributed by atoms with Gasteiger partial charge in [-0.25, -0.2) is 4.79 Å². The zero-order valence-corrected chi connectivity index (χ0v) is 19.8. The number of rotatable bonds is 7. The van der Waals surface area contributed by atoms with Crippen molar-refractivity contribution in [2.75, 3.05) is 13.2 Å². The average molecular weight is 477 g/mol. The lowest BCUT2D eigenvalue weighted by molar-refractivity contribution is -0.142. The molecule has 1 saturated heterocycles. The molecule has 2 aromatic carbocycles. The van der Waals surface area contributed by atoms with E-state index in [1.165, 1.54) is 22.3 Å². The minimum Gasteiger partial charge on any atom is -0.481 e. The van der Waals surface area contributed by atoms with Gasteiger partial charge in [0.25, 0.3) is 0 Å². The lowest BCUT2D eigenvalue weighted by Crippen LogP contribution is -2.48. The number of benzene rings is 2. The number of aliphatic carboxylic acids is 1. The van der Waals surface area contributed by atoms with E-state index >= 15 is 0 Å². The summed E-state index contributed by atoms with van der Waals surface area (Å²) in [6.45, 7) is 0.930. The summed E-state index contributed by atoms with van der Waals surface area (Å²) in [7, 11) is 0. The molecule has 184 valence electrons. The van der Waals surface area contributed by atoms with E-state index in [0.29, 0.717) is 13.0 Å². The standard InChI is InChI=1S/C28H32N2O5/c31-26(30-12-6-5-7-20(30)16-27(32)33)15-18-13-19(14-18)29-28(34)35-17-25-23-10-3-1-8-21(23)22-9-2-4-11-24(22)25/h1-4,8-11,18-20,25H,5-7,12-17H2,(H,29,34)(H,32,33). The van der Waals surface area contributed by atoms with Gasteiger partial charge in [0.15, 0.2) is 0 Å². The molecule has 5 rings (SSSR count). The first-order valence-electron chi connectivity index (χ1n) is 12.6. The summed E-state index contributed by atoms with van der Waals surface area (Å²) >= 11 is 0. The Hall–Kier alpha value is -3.35. The minimum atomic E-state index is -0.856. The molecular formula is C28H32N2O5. The van der Waals surface area contributed by atoms with Crippen molar-refractivity contribution in [2.45, 2.75) is 62.9 Å². The summed E-state index contributed by atoms with van der Waals surface area (Å²) in [6.07, 6.45) is 4.16. The number of piperidine rings is 1. The van der Waals surface area contributed by atoms with E-state index in [4.69, 9.17) is 9.84 Å². The van der Waals surface area contributed by atoms with Crippen LogP contribution in [-0.2, 0) is 14.3 Å². The van der Waals surface area contributed by atoms with Crippen molar-refractivity contribution in [3.63, 3.8) is 0 Å². The Morgan fingerprint density at radius 3 is 2.26 bits per heavy atom. The number of hydrogen-bond acceptors (Lipinski definition) is 4. The van der Waals surface area contributed by atoms with Crippen molar-refractivity contribution in [3.8, 4) is 11.1 Å². The van der Waals surface area contributed by atoms with Crippen LogP contribution in [-0.4, -0.2) is 53.2 Å². The van der Waals surface area contributed by atoms with Crippen LogP contribution in [0.4, 0.5) is 4.79 Å². The fraction of sp³-hybridized carbons (Fsp3) is 0.464. The van der Waals surface area contributed by atoms with Crippen LogP contribution in [0.15, 0.2) is 48.5 Å². The van der Waals surface area contributed by atoms with Gasteiger partial charge in [-0.2, -0.15) is 0 Å². The van der Waals surface area contributed by atoms with Crippen molar-refractivity contribution >= 4 is 18.0 Å². The predicted octanol–water partition coefficient (Wildman–Crippen LogP) is 4.55. The number of likely N-dealkylation sites (tertiary alicyclic amines) is 1. The Balaban J connectivity index is 1.08. The monoisotopic (exact) mass is 476 g/mol. The van der Waals surface area contributed by atoms with Crippen LogP contribution >= 0.6 is 0 Å². The van der Waals surface area contributed by atoms with Gasteiger partial charge in [0.2, 0.25) is 5.91 Å². The van der Waals surface area contributed by atoms with Crippen LogP contribution in [0.2, 0.25) is 0 Å². The van der Waals surface area contributed by atoms with Gasteiger partial charge >= 0.3 is 12.1 Å². The van der Waals surface area contributed by atoms with E-state index in [-0.39, 0.29) is 42.9 Å². The summed E-state index contributed by atoms with van der Waals surface area (Å²) < 4.78 is 5.63. The second kappa shape index (κ2) is 10.1. The number of alkyl carbamates (subject to hydrolysis) is 1. The average Bonchev–Trinajstić information content (AvgIpc) is 3.15. The van der Waals surface area contributed by atoms with Crippen LogP contribution < -0.4 is 5.32 Å². The summed E-state index contributed by atoms with van der Waals surface area (Å²) in [6, 6.07) is 16.3. The lowest BCUT2D eigenvalue weighted by Gasteiger charge is -2.39. The number of carbonyl (C=O) groups is 3. The largest absolute Gasteiger partial charge is 0.481 e. The van der Waals surface area contributed by atoms with Crippen molar-refractivity contribution in [1.29, 1.82) is 0 Å². The maximum Gasteiger partial charge on any atom is 0.407 e. The molecule has 7 heteroatoms. The SMILES string of the molecule is O=C(O)CC1CCCCN1C(=O)CC1CC(NC(=O)OCC2c3ccccc3-c3ccccc32)C1. The minimum absolute atomic E-state index is 0.0135. The van der Waals surface area contributed by atoms with E-state index in [2.05, 4.69) is 29.6 Å². The Bertz CT molecular complexity index is 1060. The second-order valence-electron chi connectivity index (χ2n) is 10.0. The van der Waals surface area contributed by atoms with E-state index in [9.17, 15) is 14.4 Å². The number of nitrogens with zero attached hydrogens (tertiary/aromatic N) is 1. The summed E-state index contributed by atoms with van der Waals surface area (Å²) in [4.78, 5) is 38.2. The molecule has 0 bridgehead atoms. The lowest BCUT2D eigenvalue weighted by atomic mass is 9.78. The van der Waals surface area contributed by atoms with Crippen LogP contribution in [0.1, 0.15) is 62.0 Å². The number of amides is 2. The highest BCUT2D eigenvalue weighted by Crippen LogP contribution is 2.44. The summed E-state index contributed by atoms with van der Waals surface area (Å²) in [5.74, 6) is -0.566. The fourth-order valence-electron chi connectivity index (χ4n) is 5.93. The molecular weight excluding hydrogens is 444 g/mol. The number of fused-ring (bicyclic) bond motifs is 3. The molecule has 0 aromatic heterocycles. The molecule has 2 amide bonds. The summed E-state index contributed by atoms with van der Waals surface area (Å²) in [5.41, 5.74) is 4.76. The molecule has 7 nitrogen and oxygen atoms in total. The van der Waals surface area contributed by atoms with Crippen LogP contribution in [0, 0.1) is 5.92 Å². The molecule has 0 radical (unpaired) electrons. The van der Waals surface area contributed by atoms with E-state index in [1.54, 1.807) is 4.90 Å². The molecule has 2 aliphatic carbocycles. The number of carbonyl (C=O) groups excluding carboxylic acids is 2. The fourth-order valence-corrected chi connectivity index (χ4v) is 5.93. The molecule has 1 saturated carbocycles. The van der Waals surface area contributed by atoms with Crippen LogP contribution in [0.25, 0.3) is 11.1 Å². The maximum atomic E-state index is 12.8. The van der Waals surface area contributed by atoms with Crippen molar-refractivity contribution < 1.29 is 24.2 Å². The van der Waals surface area contributed by atoms with Gasteiger partial charge in [0.1, 0.15) is 6.61 Å². The first-order valence-corrected chi connectivity index (χ1v) is 12.6. The smallest absolute Gasteiger partial charge is 0.407 e. The normalized spacial score (nSPS) is 23.1. The van der Waals surface area contributed by atoms with Gasteiger partial charge in [0.05, 0.1) is 6.42 Å². The van der Waals surface area contributed by atoms with Crippen LogP contribution in [0.5, 0.6) is 0 Å². The molecule has 2 fully saturated rings. The van der Waals surface area contributed by atoms with Gasteiger partial charge in [-0.05, 0) is 60.3 Å². The Labute approximate surface area is 205 Å². The first kappa shape index (κ1) is 23.4. The Kier molecular flexibility index (Phi) is 6.75. The summed E-state index contributed by atoms with van der Waals surface area (Å²) in [5, 5.41) is 12.1. The zero-order chi connectivity index (χ0) is 24.4. The van der Waals surface area contributed by atoms with Gasteiger partial charge in [-0.1, -0.05) is 48.5 Å². The number of carboxylic acids is 1. The molecule has 35 heavy (non-hydrogen) atoms. The zero-order valence-electron chi connectivity index (χ0n) is 19.8. The van der Waals surface area contributed by atoms with Gasteiger partial charge < -0.3 is 20.1 Å². The third-order valence-electron chi connectivity index (χ3n) is 7.72. The van der Waals surface area contributed by atoms with Gasteiger partial charge in [-0.3, -0.25) is 9.59 Å². The molecule has 1 unspecified atom stereocenters. The molecule has 1 aliphatic heterocycles. The molecule has 2 aromatic rings. The molecule has 1 atom stereocenters. The van der Waals surface area contributed by atoms with E-state index < -0.39 is 12.1 Å². The molecule has 1 heterocycles. The van der Waals surface area contributed by atoms with Gasteiger partial charge in [-0.15, -0.1) is 0 Å². The molecule has 3 aliphatic rings. The second-order valence-corrected chi connectivity index (χ2v) is 10.0. The van der Waals surface area contributed by atoms with Crippen molar-refractivity contribution in [1.82, 2.24) is 10.2 Å². The highest BCUT2D eigenvalue weighted by molar-refractivity contribution is 5.79. The third kappa shape index (κ3) is 5.04. The molecule has 0 spiro atoms. The Morgan fingerprint density at radius 1 is 0.943 bits per heavy atom. The van der Waals surface area contributed by atoms with Crippen LogP contribution in [0.3, 0.4) is 0 Å². The maximum absolute atomic E-state index is 12.8. The third-order valence-corrected chi connectivity index (χ3v) is 7.72. The Morgan fingerprint density at radius 2 is 1.60 bits per heavy atom. The number of nitrogens with one attached hydrogen (secondary N) is 1. The highest BCUT2D eigenvalue weighted by atomic mass is 16.5. The highest BCUT2D eigenvalue weighted by Gasteiger charge is 2.36. The van der Waals surface area contributed by atoms with Crippen molar-refractivity contribution in [2.24, 2.45) is 5.92 Å².